The van der Waals surface area contributed by atoms with Gasteiger partial charge in [0, 0.05) is 30.9 Å². The zero-order valence-electron chi connectivity index (χ0n) is 11.5. The van der Waals surface area contributed by atoms with Gasteiger partial charge in [-0.15, -0.1) is 0 Å². The van der Waals surface area contributed by atoms with Crippen molar-refractivity contribution in [3.63, 3.8) is 0 Å². The first-order chi connectivity index (χ1) is 8.78. The Hall–Kier alpha value is -1.02. The van der Waals surface area contributed by atoms with Gasteiger partial charge in [-0.05, 0) is 44.2 Å². The molecule has 1 N–H and O–H groups in total. The van der Waals surface area contributed by atoms with E-state index in [0.29, 0.717) is 12.1 Å². The van der Waals surface area contributed by atoms with Crippen molar-refractivity contribution in [2.75, 3.05) is 18.0 Å². The van der Waals surface area contributed by atoms with Crippen LogP contribution in [-0.2, 0) is 0 Å². The van der Waals surface area contributed by atoms with E-state index in [-0.39, 0.29) is 0 Å². The average Bonchev–Trinajstić information content (AvgIpc) is 3.23. The third kappa shape index (κ3) is 2.39. The second kappa shape index (κ2) is 4.93. The van der Waals surface area contributed by atoms with Gasteiger partial charge in [0.1, 0.15) is 0 Å². The van der Waals surface area contributed by atoms with Crippen molar-refractivity contribution in [2.45, 2.75) is 45.2 Å². The molecule has 3 rings (SSSR count). The largest absolute Gasteiger partial charge is 0.366 e. The number of hydrogen-bond donors (Lipinski definition) is 1. The molecule has 1 aliphatic heterocycles. The van der Waals surface area contributed by atoms with E-state index in [2.05, 4.69) is 48.3 Å². The lowest BCUT2D eigenvalue weighted by atomic mass is 10.0. The number of benzene rings is 1. The second-order valence-corrected chi connectivity index (χ2v) is 5.90. The molecule has 2 atom stereocenters. The number of nitrogens with one attached hydrogen (secondary N) is 1. The van der Waals surface area contributed by atoms with Crippen molar-refractivity contribution >= 4 is 5.69 Å². The van der Waals surface area contributed by atoms with Crippen LogP contribution >= 0.6 is 0 Å². The highest BCUT2D eigenvalue weighted by atomic mass is 15.2. The first kappa shape index (κ1) is 12.0. The number of anilines is 1. The fourth-order valence-corrected chi connectivity index (χ4v) is 3.05. The molecule has 0 bridgehead atoms. The molecule has 1 aromatic rings. The summed E-state index contributed by atoms with van der Waals surface area (Å²) in [7, 11) is 0. The first-order valence-electron chi connectivity index (χ1n) is 7.34. The van der Waals surface area contributed by atoms with Crippen molar-refractivity contribution in [1.82, 2.24) is 5.32 Å². The minimum Gasteiger partial charge on any atom is -0.366 e. The van der Waals surface area contributed by atoms with E-state index < -0.39 is 0 Å². The van der Waals surface area contributed by atoms with Crippen molar-refractivity contribution in [3.8, 4) is 0 Å². The summed E-state index contributed by atoms with van der Waals surface area (Å²) < 4.78 is 0. The Kier molecular flexibility index (Phi) is 3.29. The molecule has 2 fully saturated rings. The van der Waals surface area contributed by atoms with E-state index >= 15 is 0 Å². The van der Waals surface area contributed by atoms with Gasteiger partial charge < -0.3 is 10.2 Å². The third-order valence-electron chi connectivity index (χ3n) is 4.48. The van der Waals surface area contributed by atoms with E-state index in [1.807, 2.05) is 0 Å². The molecule has 2 unspecified atom stereocenters. The standard InChI is InChI=1S/C16H24N2/c1-3-14-10-17-16(13-6-7-13)11-18(14)15-8-4-12(2)5-9-15/h4-5,8-9,13-14,16-17H,3,6-7,10-11H2,1-2H3. The summed E-state index contributed by atoms with van der Waals surface area (Å²) in [5.41, 5.74) is 2.75. The summed E-state index contributed by atoms with van der Waals surface area (Å²) in [6.45, 7) is 6.79. The summed E-state index contributed by atoms with van der Waals surface area (Å²) in [6, 6.07) is 10.4. The normalized spacial score (nSPS) is 28.4. The fourth-order valence-electron chi connectivity index (χ4n) is 3.05. The molecule has 1 saturated carbocycles. The van der Waals surface area contributed by atoms with Gasteiger partial charge in [0.25, 0.3) is 0 Å². The summed E-state index contributed by atoms with van der Waals surface area (Å²) in [6.07, 6.45) is 4.07. The molecule has 2 nitrogen and oxygen atoms in total. The van der Waals surface area contributed by atoms with Crippen LogP contribution in [0.15, 0.2) is 24.3 Å². The van der Waals surface area contributed by atoms with Crippen LogP contribution in [0.4, 0.5) is 5.69 Å². The molecule has 1 heterocycles. The zero-order chi connectivity index (χ0) is 12.5. The highest BCUT2D eigenvalue weighted by molar-refractivity contribution is 5.49. The van der Waals surface area contributed by atoms with Crippen LogP contribution in [0, 0.1) is 12.8 Å². The van der Waals surface area contributed by atoms with Gasteiger partial charge in [-0.2, -0.15) is 0 Å². The zero-order valence-corrected chi connectivity index (χ0v) is 11.5. The predicted molar refractivity (Wildman–Crippen MR) is 77.1 cm³/mol. The van der Waals surface area contributed by atoms with E-state index in [1.54, 1.807) is 0 Å². The highest BCUT2D eigenvalue weighted by Gasteiger charge is 2.36. The van der Waals surface area contributed by atoms with Crippen LogP contribution < -0.4 is 10.2 Å². The lowest BCUT2D eigenvalue weighted by molar-refractivity contribution is 0.360. The van der Waals surface area contributed by atoms with Gasteiger partial charge in [0.05, 0.1) is 0 Å². The Morgan fingerprint density at radius 2 is 1.94 bits per heavy atom. The van der Waals surface area contributed by atoms with Crippen LogP contribution in [0.5, 0.6) is 0 Å². The molecule has 0 spiro atoms. The number of aryl methyl sites for hydroxylation is 1. The molecule has 1 saturated heterocycles. The van der Waals surface area contributed by atoms with Gasteiger partial charge in [-0.25, -0.2) is 0 Å². The Balaban J connectivity index is 1.78. The van der Waals surface area contributed by atoms with E-state index in [0.717, 1.165) is 12.5 Å². The Bertz CT molecular complexity index is 394. The van der Waals surface area contributed by atoms with Crippen LogP contribution in [0.2, 0.25) is 0 Å². The van der Waals surface area contributed by atoms with Gasteiger partial charge in [0.15, 0.2) is 0 Å². The van der Waals surface area contributed by atoms with Gasteiger partial charge in [0.2, 0.25) is 0 Å². The molecule has 0 aromatic heterocycles. The van der Waals surface area contributed by atoms with Gasteiger partial charge in [-0.3, -0.25) is 0 Å². The maximum absolute atomic E-state index is 3.75. The molecule has 1 aliphatic carbocycles. The SMILES string of the molecule is CCC1CNC(C2CC2)CN1c1ccc(C)cc1. The Morgan fingerprint density at radius 3 is 2.56 bits per heavy atom. The van der Waals surface area contributed by atoms with Crippen LogP contribution in [0.25, 0.3) is 0 Å². The smallest absolute Gasteiger partial charge is 0.0412 e. The lowest BCUT2D eigenvalue weighted by Gasteiger charge is -2.42. The van der Waals surface area contributed by atoms with Crippen molar-refractivity contribution in [2.24, 2.45) is 5.92 Å². The lowest BCUT2D eigenvalue weighted by Crippen LogP contribution is -2.57. The molecule has 18 heavy (non-hydrogen) atoms. The van der Waals surface area contributed by atoms with E-state index in [1.165, 1.54) is 37.1 Å². The summed E-state index contributed by atoms with van der Waals surface area (Å²) in [5, 5.41) is 3.75. The molecule has 2 aliphatic rings. The molecule has 2 heteroatoms. The minimum atomic E-state index is 0.655. The van der Waals surface area contributed by atoms with Crippen molar-refractivity contribution < 1.29 is 0 Å². The number of piperazine rings is 1. The summed E-state index contributed by atoms with van der Waals surface area (Å²) in [4.78, 5) is 2.62. The highest BCUT2D eigenvalue weighted by Crippen LogP contribution is 2.35. The third-order valence-corrected chi connectivity index (χ3v) is 4.48. The van der Waals surface area contributed by atoms with Crippen molar-refractivity contribution in [3.05, 3.63) is 29.8 Å². The molecule has 0 radical (unpaired) electrons. The van der Waals surface area contributed by atoms with Crippen LogP contribution in [0.1, 0.15) is 31.7 Å². The van der Waals surface area contributed by atoms with E-state index in [9.17, 15) is 0 Å². The Labute approximate surface area is 110 Å². The molecular formula is C16H24N2. The second-order valence-electron chi connectivity index (χ2n) is 5.90. The molecule has 0 amide bonds. The Morgan fingerprint density at radius 1 is 1.22 bits per heavy atom. The quantitative estimate of drug-likeness (QED) is 0.879. The number of nitrogens with zero attached hydrogens (tertiary/aromatic N) is 1. The topological polar surface area (TPSA) is 15.3 Å². The molecular weight excluding hydrogens is 220 g/mol. The molecule has 1 aromatic carbocycles. The predicted octanol–water partition coefficient (Wildman–Crippen LogP) is 2.96. The maximum atomic E-state index is 3.75. The first-order valence-corrected chi connectivity index (χ1v) is 7.34. The van der Waals surface area contributed by atoms with Crippen LogP contribution in [0.3, 0.4) is 0 Å². The van der Waals surface area contributed by atoms with Crippen LogP contribution in [-0.4, -0.2) is 25.2 Å². The monoisotopic (exact) mass is 244 g/mol. The van der Waals surface area contributed by atoms with E-state index in [4.69, 9.17) is 0 Å². The van der Waals surface area contributed by atoms with Gasteiger partial charge in [-0.1, -0.05) is 24.6 Å². The number of hydrogen-bond acceptors (Lipinski definition) is 2. The van der Waals surface area contributed by atoms with Gasteiger partial charge >= 0.3 is 0 Å². The minimum absolute atomic E-state index is 0.655. The average molecular weight is 244 g/mol. The van der Waals surface area contributed by atoms with Crippen molar-refractivity contribution in [1.29, 1.82) is 0 Å². The summed E-state index contributed by atoms with van der Waals surface area (Å²) >= 11 is 0. The fraction of sp³-hybridized carbons (Fsp3) is 0.625. The molecule has 98 valence electrons. The number of rotatable bonds is 3. The maximum Gasteiger partial charge on any atom is 0.0412 e. The summed E-state index contributed by atoms with van der Waals surface area (Å²) in [5.74, 6) is 0.941.